The van der Waals surface area contributed by atoms with Gasteiger partial charge in [0.25, 0.3) is 0 Å². The molecule has 7 heteroatoms. The fourth-order valence-electron chi connectivity index (χ4n) is 2.86. The molecule has 142 valence electrons. The van der Waals surface area contributed by atoms with Crippen LogP contribution in [-0.4, -0.2) is 44.4 Å². The third-order valence-corrected chi connectivity index (χ3v) is 5.83. The summed E-state index contributed by atoms with van der Waals surface area (Å²) in [7, 11) is 0. The molecule has 0 radical (unpaired) electrons. The van der Waals surface area contributed by atoms with Crippen LogP contribution in [0, 0.1) is 0 Å². The summed E-state index contributed by atoms with van der Waals surface area (Å²) in [6.45, 7) is 5.81. The van der Waals surface area contributed by atoms with E-state index in [9.17, 15) is 4.79 Å². The number of amides is 1. The van der Waals surface area contributed by atoms with Gasteiger partial charge in [-0.15, -0.1) is 21.5 Å². The highest BCUT2D eigenvalue weighted by atomic mass is 32.2. The lowest BCUT2D eigenvalue weighted by molar-refractivity contribution is -0.128. The Balaban J connectivity index is 1.84. The van der Waals surface area contributed by atoms with Crippen molar-refractivity contribution in [2.24, 2.45) is 0 Å². The minimum atomic E-state index is 0.156. The second-order valence-corrected chi connectivity index (χ2v) is 8.01. The summed E-state index contributed by atoms with van der Waals surface area (Å²) in [5.74, 6) is 1.34. The second-order valence-electron chi connectivity index (χ2n) is 6.12. The number of rotatable bonds is 9. The molecule has 2 heterocycles. The summed E-state index contributed by atoms with van der Waals surface area (Å²) in [6.07, 6.45) is 1.94. The molecule has 0 saturated heterocycles. The van der Waals surface area contributed by atoms with E-state index in [0.717, 1.165) is 47.5 Å². The van der Waals surface area contributed by atoms with Gasteiger partial charge in [-0.1, -0.05) is 49.9 Å². The van der Waals surface area contributed by atoms with Crippen molar-refractivity contribution in [1.29, 1.82) is 0 Å². The van der Waals surface area contributed by atoms with Crippen LogP contribution in [0.2, 0.25) is 0 Å². The van der Waals surface area contributed by atoms with Crippen molar-refractivity contribution in [3.63, 3.8) is 0 Å². The number of thiophene rings is 1. The van der Waals surface area contributed by atoms with E-state index in [1.807, 2.05) is 57.3 Å². The number of nitrogens with zero attached hydrogens (tertiary/aromatic N) is 4. The zero-order chi connectivity index (χ0) is 19.1. The number of hydrogen-bond acceptors (Lipinski definition) is 5. The average molecular weight is 401 g/mol. The zero-order valence-corrected chi connectivity index (χ0v) is 17.3. The lowest BCUT2D eigenvalue weighted by Gasteiger charge is -2.21. The molecular weight excluding hydrogens is 376 g/mol. The van der Waals surface area contributed by atoms with Crippen LogP contribution in [0.3, 0.4) is 0 Å². The molecule has 0 bridgehead atoms. The molecule has 3 rings (SSSR count). The van der Waals surface area contributed by atoms with E-state index >= 15 is 0 Å². The molecule has 0 aliphatic heterocycles. The van der Waals surface area contributed by atoms with Gasteiger partial charge in [0.1, 0.15) is 0 Å². The largest absolute Gasteiger partial charge is 0.342 e. The molecule has 1 amide bonds. The minimum absolute atomic E-state index is 0.156. The molecule has 0 atom stereocenters. The Bertz CT molecular complexity index is 840. The van der Waals surface area contributed by atoms with E-state index in [-0.39, 0.29) is 5.91 Å². The minimum Gasteiger partial charge on any atom is -0.342 e. The number of para-hydroxylation sites is 1. The maximum absolute atomic E-state index is 12.6. The number of aromatic nitrogens is 3. The van der Waals surface area contributed by atoms with E-state index in [4.69, 9.17) is 0 Å². The molecule has 3 aromatic rings. The Hall–Kier alpha value is -2.12. The van der Waals surface area contributed by atoms with Crippen molar-refractivity contribution in [3.05, 3.63) is 47.8 Å². The predicted octanol–water partition coefficient (Wildman–Crippen LogP) is 4.74. The molecule has 0 fully saturated rings. The Morgan fingerprint density at radius 1 is 1.07 bits per heavy atom. The highest BCUT2D eigenvalue weighted by Crippen LogP contribution is 2.30. The Kier molecular flexibility index (Phi) is 7.06. The summed E-state index contributed by atoms with van der Waals surface area (Å²) in [5, 5.41) is 11.6. The summed E-state index contributed by atoms with van der Waals surface area (Å²) >= 11 is 3.08. The van der Waals surface area contributed by atoms with Crippen LogP contribution >= 0.6 is 23.1 Å². The Labute approximate surface area is 168 Å². The molecule has 0 spiro atoms. The molecule has 5 nitrogen and oxygen atoms in total. The van der Waals surface area contributed by atoms with Gasteiger partial charge in [0.05, 0.1) is 10.6 Å². The van der Waals surface area contributed by atoms with Crippen LogP contribution in [-0.2, 0) is 4.79 Å². The Morgan fingerprint density at radius 3 is 2.44 bits per heavy atom. The van der Waals surface area contributed by atoms with Crippen LogP contribution in [0.25, 0.3) is 16.4 Å². The van der Waals surface area contributed by atoms with Gasteiger partial charge in [-0.2, -0.15) is 0 Å². The molecule has 2 aromatic heterocycles. The highest BCUT2D eigenvalue weighted by molar-refractivity contribution is 7.99. The van der Waals surface area contributed by atoms with E-state index in [1.165, 1.54) is 11.8 Å². The first-order valence-corrected chi connectivity index (χ1v) is 11.1. The van der Waals surface area contributed by atoms with Gasteiger partial charge in [0.15, 0.2) is 11.0 Å². The molecule has 27 heavy (non-hydrogen) atoms. The van der Waals surface area contributed by atoms with Gasteiger partial charge in [-0.3, -0.25) is 9.36 Å². The van der Waals surface area contributed by atoms with Gasteiger partial charge in [0, 0.05) is 18.8 Å². The summed E-state index contributed by atoms with van der Waals surface area (Å²) < 4.78 is 2.04. The van der Waals surface area contributed by atoms with Crippen LogP contribution in [0.15, 0.2) is 53.0 Å². The van der Waals surface area contributed by atoms with Crippen molar-refractivity contribution in [3.8, 4) is 16.4 Å². The van der Waals surface area contributed by atoms with Crippen molar-refractivity contribution in [2.45, 2.75) is 31.8 Å². The van der Waals surface area contributed by atoms with Gasteiger partial charge >= 0.3 is 0 Å². The fraction of sp³-hybridized carbons (Fsp3) is 0.350. The number of carbonyl (C=O) groups is 1. The van der Waals surface area contributed by atoms with E-state index < -0.39 is 0 Å². The number of carbonyl (C=O) groups excluding carboxylic acids is 1. The van der Waals surface area contributed by atoms with Crippen molar-refractivity contribution < 1.29 is 4.79 Å². The molecule has 0 aliphatic rings. The molecule has 1 aromatic carbocycles. The SMILES string of the molecule is CCCN(CCC)C(=O)CSc1nnc(-c2cccs2)n1-c1ccccc1. The summed E-state index contributed by atoms with van der Waals surface area (Å²) in [6, 6.07) is 14.1. The zero-order valence-electron chi connectivity index (χ0n) is 15.7. The van der Waals surface area contributed by atoms with E-state index in [1.54, 1.807) is 11.3 Å². The molecule has 0 N–H and O–H groups in total. The lowest BCUT2D eigenvalue weighted by atomic mass is 10.3. The van der Waals surface area contributed by atoms with Crippen LogP contribution in [0.1, 0.15) is 26.7 Å². The summed E-state index contributed by atoms with van der Waals surface area (Å²) in [5.41, 5.74) is 1.000. The standard InChI is InChI=1S/C20H24N4OS2/c1-3-12-23(13-4-2)18(25)15-27-20-22-21-19(17-11-8-14-26-17)24(20)16-9-6-5-7-10-16/h5-11,14H,3-4,12-13,15H2,1-2H3. The smallest absolute Gasteiger partial charge is 0.233 e. The second kappa shape index (κ2) is 9.71. The fourth-order valence-corrected chi connectivity index (χ4v) is 4.41. The van der Waals surface area contributed by atoms with Crippen LogP contribution in [0.4, 0.5) is 0 Å². The molecule has 0 saturated carbocycles. The third-order valence-electron chi connectivity index (χ3n) is 4.05. The monoisotopic (exact) mass is 400 g/mol. The van der Waals surface area contributed by atoms with Crippen molar-refractivity contribution >= 4 is 29.0 Å². The maximum Gasteiger partial charge on any atom is 0.233 e. The first-order chi connectivity index (χ1) is 13.2. The molecule has 0 aliphatic carbocycles. The van der Waals surface area contributed by atoms with Crippen LogP contribution < -0.4 is 0 Å². The first kappa shape index (κ1) is 19.6. The Morgan fingerprint density at radius 2 is 1.81 bits per heavy atom. The first-order valence-electron chi connectivity index (χ1n) is 9.19. The number of benzene rings is 1. The highest BCUT2D eigenvalue weighted by Gasteiger charge is 2.19. The van der Waals surface area contributed by atoms with E-state index in [0.29, 0.717) is 5.75 Å². The van der Waals surface area contributed by atoms with Gasteiger partial charge < -0.3 is 4.90 Å². The summed E-state index contributed by atoms with van der Waals surface area (Å²) in [4.78, 5) is 15.6. The number of hydrogen-bond donors (Lipinski definition) is 0. The predicted molar refractivity (Wildman–Crippen MR) is 113 cm³/mol. The topological polar surface area (TPSA) is 51.0 Å². The molecular formula is C20H24N4OS2. The normalized spacial score (nSPS) is 10.9. The lowest BCUT2D eigenvalue weighted by Crippen LogP contribution is -2.33. The van der Waals surface area contributed by atoms with Gasteiger partial charge in [-0.25, -0.2) is 0 Å². The maximum atomic E-state index is 12.6. The van der Waals surface area contributed by atoms with E-state index in [2.05, 4.69) is 24.0 Å². The van der Waals surface area contributed by atoms with Crippen molar-refractivity contribution in [1.82, 2.24) is 19.7 Å². The van der Waals surface area contributed by atoms with Gasteiger partial charge in [-0.05, 0) is 36.4 Å². The third kappa shape index (κ3) is 4.78. The quantitative estimate of drug-likeness (QED) is 0.487. The van der Waals surface area contributed by atoms with Crippen molar-refractivity contribution in [2.75, 3.05) is 18.8 Å². The van der Waals surface area contributed by atoms with Crippen LogP contribution in [0.5, 0.6) is 0 Å². The number of thioether (sulfide) groups is 1. The molecule has 0 unspecified atom stereocenters. The average Bonchev–Trinajstić information content (AvgIpc) is 3.36. The van der Waals surface area contributed by atoms with Gasteiger partial charge in [0.2, 0.25) is 5.91 Å².